The highest BCUT2D eigenvalue weighted by atomic mass is 16.5. The summed E-state index contributed by atoms with van der Waals surface area (Å²) in [6.07, 6.45) is 4.25. The van der Waals surface area contributed by atoms with Crippen molar-refractivity contribution in [3.05, 3.63) is 23.8 Å². The number of nitrogens with two attached hydrogens (primary N) is 1. The van der Waals surface area contributed by atoms with Crippen LogP contribution in [0, 0.1) is 12.8 Å². The minimum atomic E-state index is -0.441. The third kappa shape index (κ3) is 4.46. The van der Waals surface area contributed by atoms with Crippen molar-refractivity contribution in [1.29, 1.82) is 0 Å². The maximum absolute atomic E-state index is 12.2. The summed E-state index contributed by atoms with van der Waals surface area (Å²) < 4.78 is 5.90. The number of ether oxygens (including phenoxy) is 1. The Kier molecular flexibility index (Phi) is 5.23. The van der Waals surface area contributed by atoms with E-state index in [1.165, 1.54) is 12.8 Å². The highest BCUT2D eigenvalue weighted by molar-refractivity contribution is 5.95. The van der Waals surface area contributed by atoms with Crippen molar-refractivity contribution >= 4 is 17.3 Å². The molecule has 1 aromatic carbocycles. The number of nitrogens with one attached hydrogen (secondary N) is 1. The van der Waals surface area contributed by atoms with E-state index in [1.807, 2.05) is 26.0 Å². The Labute approximate surface area is 127 Å². The lowest BCUT2D eigenvalue weighted by molar-refractivity contribution is -0.131. The maximum atomic E-state index is 12.2. The average Bonchev–Trinajstić information content (AvgIpc) is 2.45. The number of carbonyl (C=O) groups is 1. The SMILES string of the molecule is Cc1ccc(N)cc1NC(=O)C(C)OC1CCC(C)CC1. The van der Waals surface area contributed by atoms with Gasteiger partial charge in [0.25, 0.3) is 5.91 Å². The number of aryl methyl sites for hydroxylation is 1. The Morgan fingerprint density at radius 2 is 2.00 bits per heavy atom. The predicted octanol–water partition coefficient (Wildman–Crippen LogP) is 3.50. The smallest absolute Gasteiger partial charge is 0.253 e. The van der Waals surface area contributed by atoms with Crippen LogP contribution in [0.25, 0.3) is 0 Å². The van der Waals surface area contributed by atoms with E-state index in [4.69, 9.17) is 10.5 Å². The molecule has 4 heteroatoms. The van der Waals surface area contributed by atoms with Crippen LogP contribution in [0.3, 0.4) is 0 Å². The van der Waals surface area contributed by atoms with Crippen LogP contribution in [0.2, 0.25) is 0 Å². The van der Waals surface area contributed by atoms with E-state index < -0.39 is 6.10 Å². The Hall–Kier alpha value is -1.55. The van der Waals surface area contributed by atoms with Crippen LogP contribution in [0.5, 0.6) is 0 Å². The Bertz CT molecular complexity index is 494. The minimum absolute atomic E-state index is 0.109. The van der Waals surface area contributed by atoms with Crippen molar-refractivity contribution in [3.63, 3.8) is 0 Å². The molecule has 0 aliphatic heterocycles. The number of nitrogen functional groups attached to an aromatic ring is 1. The van der Waals surface area contributed by atoms with Crippen LogP contribution in [-0.2, 0) is 9.53 Å². The largest absolute Gasteiger partial charge is 0.399 e. The van der Waals surface area contributed by atoms with Gasteiger partial charge in [-0.25, -0.2) is 0 Å². The van der Waals surface area contributed by atoms with Crippen LogP contribution in [0.15, 0.2) is 18.2 Å². The number of hydrogen-bond acceptors (Lipinski definition) is 3. The molecular weight excluding hydrogens is 264 g/mol. The predicted molar refractivity (Wildman–Crippen MR) is 86.2 cm³/mol. The zero-order valence-electron chi connectivity index (χ0n) is 13.2. The van der Waals surface area contributed by atoms with Gasteiger partial charge in [-0.05, 0) is 63.1 Å². The number of anilines is 2. The van der Waals surface area contributed by atoms with Gasteiger partial charge in [0.2, 0.25) is 0 Å². The molecule has 0 heterocycles. The zero-order valence-corrected chi connectivity index (χ0v) is 13.2. The molecule has 0 spiro atoms. The summed E-state index contributed by atoms with van der Waals surface area (Å²) in [5.74, 6) is 0.672. The van der Waals surface area contributed by atoms with Gasteiger partial charge in [-0.15, -0.1) is 0 Å². The van der Waals surface area contributed by atoms with E-state index in [0.29, 0.717) is 5.69 Å². The molecule has 1 unspecified atom stereocenters. The van der Waals surface area contributed by atoms with Crippen LogP contribution in [0.1, 0.15) is 45.1 Å². The summed E-state index contributed by atoms with van der Waals surface area (Å²) in [5.41, 5.74) is 8.16. The van der Waals surface area contributed by atoms with Gasteiger partial charge in [0.1, 0.15) is 6.10 Å². The molecule has 1 aromatic rings. The molecule has 1 aliphatic carbocycles. The Morgan fingerprint density at radius 3 is 2.67 bits per heavy atom. The van der Waals surface area contributed by atoms with E-state index in [0.717, 1.165) is 30.0 Å². The van der Waals surface area contributed by atoms with Crippen LogP contribution < -0.4 is 11.1 Å². The number of hydrogen-bond donors (Lipinski definition) is 2. The van der Waals surface area contributed by atoms with Gasteiger partial charge >= 0.3 is 0 Å². The van der Waals surface area contributed by atoms with E-state index in [1.54, 1.807) is 6.07 Å². The van der Waals surface area contributed by atoms with Gasteiger partial charge in [-0.1, -0.05) is 13.0 Å². The summed E-state index contributed by atoms with van der Waals surface area (Å²) in [7, 11) is 0. The first kappa shape index (κ1) is 15.8. The minimum Gasteiger partial charge on any atom is -0.399 e. The monoisotopic (exact) mass is 290 g/mol. The van der Waals surface area contributed by atoms with E-state index in [2.05, 4.69) is 12.2 Å². The lowest BCUT2D eigenvalue weighted by Crippen LogP contribution is -2.33. The summed E-state index contributed by atoms with van der Waals surface area (Å²) in [5, 5.41) is 2.91. The highest BCUT2D eigenvalue weighted by Gasteiger charge is 2.23. The summed E-state index contributed by atoms with van der Waals surface area (Å²) in [4.78, 5) is 12.2. The molecule has 21 heavy (non-hydrogen) atoms. The molecule has 0 saturated heterocycles. The number of amides is 1. The van der Waals surface area contributed by atoms with E-state index >= 15 is 0 Å². The van der Waals surface area contributed by atoms with Gasteiger partial charge in [-0.3, -0.25) is 4.79 Å². The molecule has 1 aliphatic rings. The first-order chi connectivity index (χ1) is 9.95. The number of carbonyl (C=O) groups excluding carboxylic acids is 1. The quantitative estimate of drug-likeness (QED) is 0.834. The van der Waals surface area contributed by atoms with Crippen LogP contribution in [-0.4, -0.2) is 18.1 Å². The first-order valence-corrected chi connectivity index (χ1v) is 7.78. The number of benzene rings is 1. The molecule has 4 nitrogen and oxygen atoms in total. The summed E-state index contributed by atoms with van der Waals surface area (Å²) in [6, 6.07) is 5.51. The highest BCUT2D eigenvalue weighted by Crippen LogP contribution is 2.26. The van der Waals surface area contributed by atoms with Gasteiger partial charge in [0, 0.05) is 11.4 Å². The first-order valence-electron chi connectivity index (χ1n) is 7.78. The molecule has 0 radical (unpaired) electrons. The zero-order chi connectivity index (χ0) is 15.4. The second-order valence-corrected chi connectivity index (χ2v) is 6.22. The van der Waals surface area contributed by atoms with Crippen molar-refractivity contribution in [1.82, 2.24) is 0 Å². The fraction of sp³-hybridized carbons (Fsp3) is 0.588. The molecule has 0 aromatic heterocycles. The molecule has 2 rings (SSSR count). The summed E-state index contributed by atoms with van der Waals surface area (Å²) >= 11 is 0. The van der Waals surface area contributed by atoms with Crippen molar-refractivity contribution < 1.29 is 9.53 Å². The Morgan fingerprint density at radius 1 is 1.33 bits per heavy atom. The number of rotatable bonds is 4. The lowest BCUT2D eigenvalue weighted by Gasteiger charge is -2.28. The molecule has 3 N–H and O–H groups in total. The maximum Gasteiger partial charge on any atom is 0.253 e. The van der Waals surface area contributed by atoms with Gasteiger partial charge in [0.15, 0.2) is 0 Å². The molecule has 116 valence electrons. The van der Waals surface area contributed by atoms with Crippen molar-refractivity contribution in [2.45, 2.75) is 58.7 Å². The molecular formula is C17H26N2O2. The Balaban J connectivity index is 1.89. The fourth-order valence-electron chi connectivity index (χ4n) is 2.72. The summed E-state index contributed by atoms with van der Waals surface area (Å²) in [6.45, 7) is 6.03. The normalized spacial score (nSPS) is 23.6. The molecule has 1 saturated carbocycles. The van der Waals surface area contributed by atoms with Gasteiger partial charge in [-0.2, -0.15) is 0 Å². The van der Waals surface area contributed by atoms with Gasteiger partial charge < -0.3 is 15.8 Å². The molecule has 1 amide bonds. The average molecular weight is 290 g/mol. The van der Waals surface area contributed by atoms with Crippen molar-refractivity contribution in [2.24, 2.45) is 5.92 Å². The molecule has 0 bridgehead atoms. The van der Waals surface area contributed by atoms with Crippen LogP contribution >= 0.6 is 0 Å². The van der Waals surface area contributed by atoms with Crippen LogP contribution in [0.4, 0.5) is 11.4 Å². The third-order valence-electron chi connectivity index (χ3n) is 4.25. The standard InChI is InChI=1S/C17H26N2O2/c1-11-4-8-15(9-5-11)21-13(3)17(20)19-16-10-14(18)7-6-12(16)2/h6-7,10-11,13,15H,4-5,8-9,18H2,1-3H3,(H,19,20). The van der Waals surface area contributed by atoms with E-state index in [-0.39, 0.29) is 12.0 Å². The lowest BCUT2D eigenvalue weighted by atomic mass is 9.89. The van der Waals surface area contributed by atoms with Gasteiger partial charge in [0.05, 0.1) is 6.10 Å². The van der Waals surface area contributed by atoms with Crippen molar-refractivity contribution in [2.75, 3.05) is 11.1 Å². The topological polar surface area (TPSA) is 64.3 Å². The second kappa shape index (κ2) is 6.94. The molecule has 1 fully saturated rings. The third-order valence-corrected chi connectivity index (χ3v) is 4.25. The molecule has 1 atom stereocenters. The fourth-order valence-corrected chi connectivity index (χ4v) is 2.72. The van der Waals surface area contributed by atoms with Crippen molar-refractivity contribution in [3.8, 4) is 0 Å². The second-order valence-electron chi connectivity index (χ2n) is 6.22. The van der Waals surface area contributed by atoms with E-state index in [9.17, 15) is 4.79 Å².